The highest BCUT2D eigenvalue weighted by Gasteiger charge is 2.22. The number of hydrogen-bond donors (Lipinski definition) is 0. The molecule has 30 heavy (non-hydrogen) atoms. The van der Waals surface area contributed by atoms with Crippen molar-refractivity contribution >= 4 is 17.3 Å². The number of carbonyl (C=O) groups excluding carboxylic acids is 1. The summed E-state index contributed by atoms with van der Waals surface area (Å²) in [5.41, 5.74) is -0.378. The van der Waals surface area contributed by atoms with Crippen molar-refractivity contribution in [2.45, 2.75) is 33.3 Å². The molecule has 0 atom stereocenters. The topological polar surface area (TPSA) is 131 Å². The maximum Gasteiger partial charge on any atom is 0.338 e. The molecule has 0 aliphatic rings. The number of nitro groups is 2. The van der Waals surface area contributed by atoms with Crippen LogP contribution < -0.4 is 9.47 Å². The van der Waals surface area contributed by atoms with Crippen molar-refractivity contribution in [3.63, 3.8) is 0 Å². The summed E-state index contributed by atoms with van der Waals surface area (Å²) < 4.78 is 16.1. The van der Waals surface area contributed by atoms with Crippen LogP contribution in [0.1, 0.15) is 36.7 Å². The third-order valence-electron chi connectivity index (χ3n) is 3.70. The Balaban J connectivity index is 2.11. The van der Waals surface area contributed by atoms with Gasteiger partial charge in [-0.3, -0.25) is 20.2 Å². The lowest BCUT2D eigenvalue weighted by Gasteiger charge is -2.19. The first-order valence-corrected chi connectivity index (χ1v) is 9.00. The fourth-order valence-electron chi connectivity index (χ4n) is 2.44. The molecule has 10 heteroatoms. The van der Waals surface area contributed by atoms with Crippen LogP contribution in [0.5, 0.6) is 11.5 Å². The lowest BCUT2D eigenvalue weighted by molar-refractivity contribution is -0.386. The largest absolute Gasteiger partial charge is 0.483 e. The SMILES string of the molecule is Cc1ccc([N+](=O)[O-])c(OCCOc2cc(C(=O)OC(C)(C)C)ccc2[N+](=O)[O-])c1. The second kappa shape index (κ2) is 9.21. The van der Waals surface area contributed by atoms with Crippen LogP contribution in [0.25, 0.3) is 0 Å². The third-order valence-corrected chi connectivity index (χ3v) is 3.70. The molecule has 0 radical (unpaired) electrons. The standard InChI is InChI=1S/C20H22N2O8/c1-13-5-7-15(21(24)25)17(11-13)28-9-10-29-18-12-14(6-8-16(18)22(26)27)19(23)30-20(2,3)4/h5-8,11-12H,9-10H2,1-4H3. The van der Waals surface area contributed by atoms with Crippen LogP contribution in [0.15, 0.2) is 36.4 Å². The minimum Gasteiger partial charge on any atom is -0.483 e. The van der Waals surface area contributed by atoms with Crippen LogP contribution in [0.3, 0.4) is 0 Å². The molecule has 0 saturated heterocycles. The highest BCUT2D eigenvalue weighted by molar-refractivity contribution is 5.90. The molecule has 160 valence electrons. The van der Waals surface area contributed by atoms with Crippen LogP contribution in [0, 0.1) is 27.2 Å². The predicted octanol–water partition coefficient (Wildman–Crippen LogP) is 4.22. The quantitative estimate of drug-likeness (QED) is 0.269. The first-order chi connectivity index (χ1) is 14.0. The summed E-state index contributed by atoms with van der Waals surface area (Å²) in [6, 6.07) is 8.10. The van der Waals surface area contributed by atoms with Gasteiger partial charge < -0.3 is 14.2 Å². The zero-order chi connectivity index (χ0) is 22.5. The Morgan fingerprint density at radius 2 is 1.40 bits per heavy atom. The summed E-state index contributed by atoms with van der Waals surface area (Å²) in [7, 11) is 0. The fraction of sp³-hybridized carbons (Fsp3) is 0.350. The first kappa shape index (κ1) is 22.6. The normalized spacial score (nSPS) is 10.9. The number of benzene rings is 2. The van der Waals surface area contributed by atoms with Crippen LogP contribution in [0.4, 0.5) is 11.4 Å². The van der Waals surface area contributed by atoms with Crippen molar-refractivity contribution in [1.82, 2.24) is 0 Å². The minimum absolute atomic E-state index is 0.0700. The zero-order valence-electron chi connectivity index (χ0n) is 17.0. The molecule has 0 N–H and O–H groups in total. The van der Waals surface area contributed by atoms with Gasteiger partial charge in [0.1, 0.15) is 18.8 Å². The van der Waals surface area contributed by atoms with E-state index >= 15 is 0 Å². The lowest BCUT2D eigenvalue weighted by atomic mass is 10.1. The molecule has 0 fully saturated rings. The Morgan fingerprint density at radius 1 is 0.900 bits per heavy atom. The van der Waals surface area contributed by atoms with E-state index in [2.05, 4.69) is 0 Å². The molecule has 10 nitrogen and oxygen atoms in total. The van der Waals surface area contributed by atoms with Crippen molar-refractivity contribution in [2.24, 2.45) is 0 Å². The summed E-state index contributed by atoms with van der Waals surface area (Å²) in [4.78, 5) is 33.3. The lowest BCUT2D eigenvalue weighted by Crippen LogP contribution is -2.24. The second-order valence-corrected chi connectivity index (χ2v) is 7.37. The molecule has 2 aromatic carbocycles. The zero-order valence-corrected chi connectivity index (χ0v) is 17.0. The molecule has 2 aromatic rings. The molecule has 0 bridgehead atoms. The molecule has 0 amide bonds. The van der Waals surface area contributed by atoms with E-state index in [9.17, 15) is 25.0 Å². The molecule has 2 rings (SSSR count). The highest BCUT2D eigenvalue weighted by Crippen LogP contribution is 2.30. The van der Waals surface area contributed by atoms with Crippen LogP contribution in [-0.4, -0.2) is 34.6 Å². The fourth-order valence-corrected chi connectivity index (χ4v) is 2.44. The number of nitro benzene ring substituents is 2. The third kappa shape index (κ3) is 6.16. The van der Waals surface area contributed by atoms with Gasteiger partial charge in [-0.25, -0.2) is 4.79 Å². The minimum atomic E-state index is -0.726. The van der Waals surface area contributed by atoms with E-state index < -0.39 is 21.4 Å². The summed E-state index contributed by atoms with van der Waals surface area (Å²) in [5.74, 6) is -0.708. The molecule has 0 aromatic heterocycles. The van der Waals surface area contributed by atoms with Gasteiger partial charge >= 0.3 is 17.3 Å². The van der Waals surface area contributed by atoms with E-state index in [0.717, 1.165) is 11.6 Å². The van der Waals surface area contributed by atoms with Gasteiger partial charge in [-0.05, 0) is 45.4 Å². The Labute approximate surface area is 172 Å². The molecular formula is C20H22N2O8. The summed E-state index contributed by atoms with van der Waals surface area (Å²) in [5, 5.41) is 22.3. The summed E-state index contributed by atoms with van der Waals surface area (Å²) in [6.07, 6.45) is 0. The van der Waals surface area contributed by atoms with E-state index in [1.807, 2.05) is 0 Å². The molecule has 0 aliphatic heterocycles. The molecule has 0 heterocycles. The van der Waals surface area contributed by atoms with E-state index in [4.69, 9.17) is 14.2 Å². The van der Waals surface area contributed by atoms with E-state index in [1.165, 1.54) is 24.3 Å². The van der Waals surface area contributed by atoms with Gasteiger partial charge in [-0.1, -0.05) is 6.07 Å². The first-order valence-electron chi connectivity index (χ1n) is 9.00. The van der Waals surface area contributed by atoms with E-state index in [0.29, 0.717) is 0 Å². The average molecular weight is 418 g/mol. The Kier molecular flexibility index (Phi) is 6.93. The van der Waals surface area contributed by atoms with Gasteiger partial charge in [0.2, 0.25) is 0 Å². The van der Waals surface area contributed by atoms with Crippen LogP contribution in [-0.2, 0) is 4.74 Å². The molecule has 0 spiro atoms. The number of rotatable bonds is 8. The Hall–Kier alpha value is -3.69. The molecule has 0 aliphatic carbocycles. The second-order valence-electron chi connectivity index (χ2n) is 7.37. The number of hydrogen-bond acceptors (Lipinski definition) is 8. The van der Waals surface area contributed by atoms with Gasteiger partial charge in [-0.15, -0.1) is 0 Å². The molecular weight excluding hydrogens is 396 g/mol. The van der Waals surface area contributed by atoms with Crippen molar-refractivity contribution in [3.8, 4) is 11.5 Å². The maximum atomic E-state index is 12.2. The smallest absolute Gasteiger partial charge is 0.338 e. The van der Waals surface area contributed by atoms with Gasteiger partial charge in [0.25, 0.3) is 0 Å². The highest BCUT2D eigenvalue weighted by atomic mass is 16.6. The van der Waals surface area contributed by atoms with E-state index in [1.54, 1.807) is 33.8 Å². The van der Waals surface area contributed by atoms with Crippen molar-refractivity contribution in [1.29, 1.82) is 0 Å². The monoisotopic (exact) mass is 418 g/mol. The predicted molar refractivity (Wildman–Crippen MR) is 107 cm³/mol. The van der Waals surface area contributed by atoms with E-state index in [-0.39, 0.29) is 41.7 Å². The molecule has 0 unspecified atom stereocenters. The van der Waals surface area contributed by atoms with Crippen LogP contribution >= 0.6 is 0 Å². The Bertz CT molecular complexity index is 966. The number of aryl methyl sites for hydroxylation is 1. The summed E-state index contributed by atoms with van der Waals surface area (Å²) in [6.45, 7) is 6.64. The van der Waals surface area contributed by atoms with Crippen molar-refractivity contribution in [2.75, 3.05) is 13.2 Å². The maximum absolute atomic E-state index is 12.2. The van der Waals surface area contributed by atoms with Crippen LogP contribution in [0.2, 0.25) is 0 Å². The van der Waals surface area contributed by atoms with Gasteiger partial charge in [0, 0.05) is 18.2 Å². The van der Waals surface area contributed by atoms with Crippen molar-refractivity contribution < 1.29 is 28.9 Å². The van der Waals surface area contributed by atoms with Gasteiger partial charge in [0.15, 0.2) is 11.5 Å². The Morgan fingerprint density at radius 3 is 1.90 bits per heavy atom. The number of ether oxygens (including phenoxy) is 3. The number of esters is 1. The number of nitrogens with zero attached hydrogens (tertiary/aromatic N) is 2. The summed E-state index contributed by atoms with van der Waals surface area (Å²) >= 11 is 0. The van der Waals surface area contributed by atoms with Gasteiger partial charge in [0.05, 0.1) is 15.4 Å². The van der Waals surface area contributed by atoms with Crippen molar-refractivity contribution in [3.05, 3.63) is 67.8 Å². The average Bonchev–Trinajstić information content (AvgIpc) is 2.63. The number of carbonyl (C=O) groups is 1. The molecule has 0 saturated carbocycles. The van der Waals surface area contributed by atoms with Gasteiger partial charge in [-0.2, -0.15) is 0 Å².